The molecule has 0 saturated carbocycles. The van der Waals surface area contributed by atoms with Gasteiger partial charge in [0, 0.05) is 6.07 Å². The lowest BCUT2D eigenvalue weighted by Crippen LogP contribution is -1.99. The van der Waals surface area contributed by atoms with Gasteiger partial charge in [0.05, 0.1) is 22.6 Å². The Morgan fingerprint density at radius 2 is 2.25 bits per heavy atom. The molecule has 0 radical (unpaired) electrons. The van der Waals surface area contributed by atoms with Crippen LogP contribution < -0.4 is 4.74 Å². The maximum absolute atomic E-state index is 13.1. The summed E-state index contributed by atoms with van der Waals surface area (Å²) >= 11 is 5.70. The van der Waals surface area contributed by atoms with Crippen molar-refractivity contribution in [2.24, 2.45) is 0 Å². The highest BCUT2D eigenvalue weighted by Gasteiger charge is 2.18. The van der Waals surface area contributed by atoms with E-state index < -0.39 is 16.4 Å². The molecule has 6 heteroatoms. The molecule has 1 aromatic carbocycles. The summed E-state index contributed by atoms with van der Waals surface area (Å²) in [6, 6.07) is 1.90. The summed E-state index contributed by atoms with van der Waals surface area (Å²) in [4.78, 5) is 9.67. The Kier molecular flexibility index (Phi) is 4.49. The van der Waals surface area contributed by atoms with Gasteiger partial charge in [0.15, 0.2) is 0 Å². The van der Waals surface area contributed by atoms with E-state index in [4.69, 9.17) is 16.3 Å². The van der Waals surface area contributed by atoms with Crippen LogP contribution >= 0.6 is 11.6 Å². The van der Waals surface area contributed by atoms with E-state index in [-0.39, 0.29) is 10.8 Å². The number of ether oxygens (including phenoxy) is 1. The second-order valence-corrected chi connectivity index (χ2v) is 3.60. The van der Waals surface area contributed by atoms with Crippen molar-refractivity contribution in [3.63, 3.8) is 0 Å². The number of nitrogens with zero attached hydrogens (tertiary/aromatic N) is 1. The first-order valence-corrected chi connectivity index (χ1v) is 5.20. The summed E-state index contributed by atoms with van der Waals surface area (Å²) in [6.45, 7) is 2.39. The Bertz CT molecular complexity index is 398. The van der Waals surface area contributed by atoms with E-state index >= 15 is 0 Å². The standard InChI is InChI=1S/C10H11ClFNO3/c1-2-3-4-16-10-6-9(13(14)15)8(12)5-7(10)11/h5-6H,2-4H2,1H3. The molecule has 0 heterocycles. The third-order valence-electron chi connectivity index (χ3n) is 1.95. The van der Waals surface area contributed by atoms with Crippen LogP contribution in [-0.4, -0.2) is 11.5 Å². The molecule has 0 aliphatic heterocycles. The van der Waals surface area contributed by atoms with Crippen LogP contribution in [0.25, 0.3) is 0 Å². The number of benzene rings is 1. The topological polar surface area (TPSA) is 52.4 Å². The van der Waals surface area contributed by atoms with Crippen LogP contribution in [0, 0.1) is 15.9 Å². The summed E-state index contributed by atoms with van der Waals surface area (Å²) in [5.41, 5.74) is -0.629. The Morgan fingerprint density at radius 1 is 1.56 bits per heavy atom. The average Bonchev–Trinajstić information content (AvgIpc) is 2.21. The van der Waals surface area contributed by atoms with Gasteiger partial charge in [-0.05, 0) is 6.42 Å². The van der Waals surface area contributed by atoms with Crippen LogP contribution in [0.5, 0.6) is 5.75 Å². The zero-order valence-electron chi connectivity index (χ0n) is 8.70. The van der Waals surface area contributed by atoms with Gasteiger partial charge in [-0.3, -0.25) is 10.1 Å². The van der Waals surface area contributed by atoms with Crippen LogP contribution in [0.3, 0.4) is 0 Å². The van der Waals surface area contributed by atoms with E-state index in [2.05, 4.69) is 0 Å². The highest BCUT2D eigenvalue weighted by molar-refractivity contribution is 6.32. The molecule has 1 rings (SSSR count). The van der Waals surface area contributed by atoms with E-state index in [0.717, 1.165) is 25.0 Å². The van der Waals surface area contributed by atoms with Gasteiger partial charge in [0.25, 0.3) is 0 Å². The van der Waals surface area contributed by atoms with Gasteiger partial charge in [0.1, 0.15) is 5.75 Å². The maximum Gasteiger partial charge on any atom is 0.308 e. The summed E-state index contributed by atoms with van der Waals surface area (Å²) in [5.74, 6) is -0.818. The van der Waals surface area contributed by atoms with Crippen LogP contribution in [0.4, 0.5) is 10.1 Å². The summed E-state index contributed by atoms with van der Waals surface area (Å²) in [7, 11) is 0. The normalized spacial score (nSPS) is 10.2. The van der Waals surface area contributed by atoms with E-state index in [1.165, 1.54) is 0 Å². The molecule has 0 aliphatic rings. The highest BCUT2D eigenvalue weighted by Crippen LogP contribution is 2.31. The van der Waals surface area contributed by atoms with Crippen molar-refractivity contribution in [1.29, 1.82) is 0 Å². The van der Waals surface area contributed by atoms with Gasteiger partial charge in [-0.1, -0.05) is 24.9 Å². The molecule has 0 N–H and O–H groups in total. The molecule has 0 atom stereocenters. The molecule has 0 saturated heterocycles. The highest BCUT2D eigenvalue weighted by atomic mass is 35.5. The quantitative estimate of drug-likeness (QED) is 0.454. The van der Waals surface area contributed by atoms with Crippen molar-refractivity contribution in [3.8, 4) is 5.75 Å². The number of nitro groups is 1. The largest absolute Gasteiger partial charge is 0.492 e. The van der Waals surface area contributed by atoms with E-state index in [9.17, 15) is 14.5 Å². The van der Waals surface area contributed by atoms with Gasteiger partial charge in [-0.15, -0.1) is 0 Å². The molecular weight excluding hydrogens is 237 g/mol. The van der Waals surface area contributed by atoms with Crippen molar-refractivity contribution in [2.75, 3.05) is 6.61 Å². The molecule has 0 unspecified atom stereocenters. The molecular formula is C10H11ClFNO3. The summed E-state index contributed by atoms with van der Waals surface area (Å²) in [5, 5.41) is 10.5. The molecule has 0 spiro atoms. The Morgan fingerprint density at radius 3 is 2.81 bits per heavy atom. The minimum absolute atomic E-state index is 0.0409. The van der Waals surface area contributed by atoms with Crippen LogP contribution in [0.1, 0.15) is 19.8 Å². The minimum atomic E-state index is -0.960. The van der Waals surface area contributed by atoms with Crippen molar-refractivity contribution in [1.82, 2.24) is 0 Å². The maximum atomic E-state index is 13.1. The van der Waals surface area contributed by atoms with Crippen molar-refractivity contribution in [2.45, 2.75) is 19.8 Å². The Balaban J connectivity index is 2.91. The lowest BCUT2D eigenvalue weighted by Gasteiger charge is -2.07. The fourth-order valence-corrected chi connectivity index (χ4v) is 1.30. The average molecular weight is 248 g/mol. The van der Waals surface area contributed by atoms with E-state index in [1.54, 1.807) is 0 Å². The fourth-order valence-electron chi connectivity index (χ4n) is 1.10. The second-order valence-electron chi connectivity index (χ2n) is 3.19. The first kappa shape index (κ1) is 12.7. The lowest BCUT2D eigenvalue weighted by molar-refractivity contribution is -0.387. The van der Waals surface area contributed by atoms with Gasteiger partial charge in [-0.25, -0.2) is 0 Å². The molecule has 1 aromatic rings. The molecule has 4 nitrogen and oxygen atoms in total. The van der Waals surface area contributed by atoms with Gasteiger partial charge >= 0.3 is 5.69 Å². The van der Waals surface area contributed by atoms with Gasteiger partial charge in [-0.2, -0.15) is 4.39 Å². The summed E-state index contributed by atoms with van der Waals surface area (Å²) in [6.07, 6.45) is 1.74. The zero-order valence-corrected chi connectivity index (χ0v) is 9.46. The van der Waals surface area contributed by atoms with E-state index in [1.807, 2.05) is 6.92 Å². The molecule has 0 aliphatic carbocycles. The zero-order chi connectivity index (χ0) is 12.1. The monoisotopic (exact) mass is 247 g/mol. The van der Waals surface area contributed by atoms with Gasteiger partial charge < -0.3 is 4.74 Å². The van der Waals surface area contributed by atoms with Gasteiger partial charge in [0.2, 0.25) is 5.82 Å². The molecule has 0 bridgehead atoms. The number of hydrogen-bond acceptors (Lipinski definition) is 3. The molecule has 0 amide bonds. The first-order chi connectivity index (χ1) is 7.56. The Hall–Kier alpha value is -1.36. The fraction of sp³-hybridized carbons (Fsp3) is 0.400. The number of halogens is 2. The number of unbranched alkanes of at least 4 members (excludes halogenated alkanes) is 1. The van der Waals surface area contributed by atoms with Crippen LogP contribution in [-0.2, 0) is 0 Å². The smallest absolute Gasteiger partial charge is 0.308 e. The number of rotatable bonds is 5. The predicted molar refractivity (Wildman–Crippen MR) is 58.5 cm³/mol. The van der Waals surface area contributed by atoms with E-state index in [0.29, 0.717) is 6.61 Å². The van der Waals surface area contributed by atoms with Crippen molar-refractivity contribution in [3.05, 3.63) is 33.1 Å². The van der Waals surface area contributed by atoms with Crippen LogP contribution in [0.15, 0.2) is 12.1 Å². The third kappa shape index (κ3) is 3.06. The third-order valence-corrected chi connectivity index (χ3v) is 2.25. The minimum Gasteiger partial charge on any atom is -0.492 e. The number of nitro benzene ring substituents is 1. The summed E-state index contributed by atoms with van der Waals surface area (Å²) < 4.78 is 18.3. The Labute approximate surface area is 97.1 Å². The molecule has 88 valence electrons. The van der Waals surface area contributed by atoms with Crippen molar-refractivity contribution < 1.29 is 14.1 Å². The number of hydrogen-bond donors (Lipinski definition) is 0. The molecule has 0 aromatic heterocycles. The second kappa shape index (κ2) is 5.65. The molecule has 16 heavy (non-hydrogen) atoms. The van der Waals surface area contributed by atoms with Crippen LogP contribution in [0.2, 0.25) is 5.02 Å². The lowest BCUT2D eigenvalue weighted by atomic mass is 10.3. The van der Waals surface area contributed by atoms with Crippen molar-refractivity contribution >= 4 is 17.3 Å². The predicted octanol–water partition coefficient (Wildman–Crippen LogP) is 3.57. The SMILES string of the molecule is CCCCOc1cc([N+](=O)[O-])c(F)cc1Cl. The molecule has 0 fully saturated rings. The first-order valence-electron chi connectivity index (χ1n) is 4.82.